The van der Waals surface area contributed by atoms with Crippen LogP contribution in [-0.2, 0) is 0 Å². The van der Waals surface area contributed by atoms with Crippen LogP contribution >= 0.6 is 15.9 Å². The Labute approximate surface area is 121 Å². The smallest absolute Gasteiger partial charge is 0.207 e. The summed E-state index contributed by atoms with van der Waals surface area (Å²) in [5.41, 5.74) is 1.95. The van der Waals surface area contributed by atoms with Gasteiger partial charge in [0.15, 0.2) is 0 Å². The van der Waals surface area contributed by atoms with Crippen LogP contribution in [0.15, 0.2) is 28.9 Å². The van der Waals surface area contributed by atoms with E-state index < -0.39 is 0 Å². The van der Waals surface area contributed by atoms with Crippen molar-refractivity contribution in [1.29, 1.82) is 0 Å². The highest BCUT2D eigenvalue weighted by molar-refractivity contribution is 9.10. The van der Waals surface area contributed by atoms with E-state index in [2.05, 4.69) is 44.6 Å². The second-order valence-corrected chi connectivity index (χ2v) is 5.54. The molecular formula is C14H18BrN3O. The van der Waals surface area contributed by atoms with Crippen molar-refractivity contribution in [3.63, 3.8) is 0 Å². The summed E-state index contributed by atoms with van der Waals surface area (Å²) in [4.78, 5) is 4.50. The number of anilines is 2. The molecular weight excluding hydrogens is 306 g/mol. The molecule has 1 N–H and O–H groups in total. The number of hydrogen-bond acceptors (Lipinski definition) is 3. The molecule has 2 rings (SSSR count). The fourth-order valence-corrected chi connectivity index (χ4v) is 2.28. The Morgan fingerprint density at radius 1 is 1.37 bits per heavy atom. The largest absolute Gasteiger partial charge is 0.495 e. The highest BCUT2D eigenvalue weighted by Gasteiger charge is 2.09. The Hall–Kier alpha value is -1.49. The predicted molar refractivity (Wildman–Crippen MR) is 81.3 cm³/mol. The van der Waals surface area contributed by atoms with Gasteiger partial charge in [0.25, 0.3) is 0 Å². The fraction of sp³-hybridized carbons (Fsp3) is 0.357. The van der Waals surface area contributed by atoms with Gasteiger partial charge in [-0.3, -0.25) is 0 Å². The average molecular weight is 324 g/mol. The number of methoxy groups -OCH3 is 1. The van der Waals surface area contributed by atoms with Crippen molar-refractivity contribution in [3.8, 4) is 5.75 Å². The van der Waals surface area contributed by atoms with Crippen LogP contribution in [0, 0.1) is 6.92 Å². The molecule has 0 saturated heterocycles. The Kier molecular flexibility index (Phi) is 4.14. The van der Waals surface area contributed by atoms with Crippen LogP contribution < -0.4 is 10.1 Å². The molecule has 0 atom stereocenters. The number of benzene rings is 1. The van der Waals surface area contributed by atoms with E-state index in [0.717, 1.165) is 27.6 Å². The lowest BCUT2D eigenvalue weighted by molar-refractivity contribution is 0.412. The van der Waals surface area contributed by atoms with E-state index in [9.17, 15) is 0 Å². The average Bonchev–Trinajstić information content (AvgIpc) is 2.73. The highest BCUT2D eigenvalue weighted by Crippen LogP contribution is 2.29. The molecule has 0 spiro atoms. The predicted octanol–water partition coefficient (Wildman–Crippen LogP) is 4.29. The molecule has 1 aromatic heterocycles. The zero-order valence-corrected chi connectivity index (χ0v) is 13.2. The van der Waals surface area contributed by atoms with E-state index in [1.165, 1.54) is 0 Å². The first-order valence-electron chi connectivity index (χ1n) is 6.17. The third kappa shape index (κ3) is 3.10. The summed E-state index contributed by atoms with van der Waals surface area (Å²) in [5.74, 6) is 1.64. The van der Waals surface area contributed by atoms with Gasteiger partial charge >= 0.3 is 0 Å². The SMILES string of the molecule is COc1cc(Nc2nc(C)cn2C(C)C)ccc1Br. The molecule has 19 heavy (non-hydrogen) atoms. The minimum absolute atomic E-state index is 0.362. The molecule has 0 radical (unpaired) electrons. The summed E-state index contributed by atoms with van der Waals surface area (Å²) < 4.78 is 8.34. The molecule has 4 nitrogen and oxygen atoms in total. The van der Waals surface area contributed by atoms with Crippen LogP contribution in [-0.4, -0.2) is 16.7 Å². The normalized spacial score (nSPS) is 10.8. The van der Waals surface area contributed by atoms with Gasteiger partial charge in [0.2, 0.25) is 5.95 Å². The van der Waals surface area contributed by atoms with Crippen LogP contribution in [0.1, 0.15) is 25.6 Å². The molecule has 0 amide bonds. The van der Waals surface area contributed by atoms with Gasteiger partial charge in [-0.15, -0.1) is 0 Å². The van der Waals surface area contributed by atoms with Crippen molar-refractivity contribution >= 4 is 27.6 Å². The number of aromatic nitrogens is 2. The molecule has 102 valence electrons. The number of aryl methyl sites for hydroxylation is 1. The van der Waals surface area contributed by atoms with Crippen molar-refractivity contribution in [2.24, 2.45) is 0 Å². The number of hydrogen-bond donors (Lipinski definition) is 1. The molecule has 5 heteroatoms. The lowest BCUT2D eigenvalue weighted by Crippen LogP contribution is -2.05. The molecule has 0 fully saturated rings. The van der Waals surface area contributed by atoms with Gasteiger partial charge in [-0.05, 0) is 48.8 Å². The van der Waals surface area contributed by atoms with Gasteiger partial charge in [0.05, 0.1) is 17.3 Å². The maximum absolute atomic E-state index is 5.29. The molecule has 1 aromatic carbocycles. The van der Waals surface area contributed by atoms with E-state index in [-0.39, 0.29) is 0 Å². The lowest BCUT2D eigenvalue weighted by atomic mass is 10.3. The van der Waals surface area contributed by atoms with Crippen LogP contribution in [0.25, 0.3) is 0 Å². The van der Waals surface area contributed by atoms with Crippen molar-refractivity contribution in [1.82, 2.24) is 9.55 Å². The van der Waals surface area contributed by atoms with E-state index in [4.69, 9.17) is 4.74 Å². The Bertz CT molecular complexity index is 578. The highest BCUT2D eigenvalue weighted by atomic mass is 79.9. The first-order chi connectivity index (χ1) is 9.01. The number of halogens is 1. The number of rotatable bonds is 4. The number of nitrogens with zero attached hydrogens (tertiary/aromatic N) is 2. The minimum atomic E-state index is 0.362. The molecule has 1 heterocycles. The van der Waals surface area contributed by atoms with Gasteiger partial charge in [-0.1, -0.05) is 0 Å². The topological polar surface area (TPSA) is 39.1 Å². The Balaban J connectivity index is 2.31. The zero-order valence-electron chi connectivity index (χ0n) is 11.6. The molecule has 0 saturated carbocycles. The van der Waals surface area contributed by atoms with Crippen LogP contribution in [0.3, 0.4) is 0 Å². The molecule has 0 aliphatic heterocycles. The van der Waals surface area contributed by atoms with Crippen molar-refractivity contribution in [3.05, 3.63) is 34.6 Å². The van der Waals surface area contributed by atoms with Crippen molar-refractivity contribution in [2.45, 2.75) is 26.8 Å². The summed E-state index contributed by atoms with van der Waals surface area (Å²) >= 11 is 3.44. The molecule has 0 aliphatic carbocycles. The van der Waals surface area contributed by atoms with Gasteiger partial charge < -0.3 is 14.6 Å². The van der Waals surface area contributed by atoms with Crippen LogP contribution in [0.4, 0.5) is 11.6 Å². The first-order valence-corrected chi connectivity index (χ1v) is 6.96. The van der Waals surface area contributed by atoms with E-state index in [1.54, 1.807) is 7.11 Å². The van der Waals surface area contributed by atoms with E-state index >= 15 is 0 Å². The quantitative estimate of drug-likeness (QED) is 0.912. The Morgan fingerprint density at radius 3 is 2.74 bits per heavy atom. The monoisotopic (exact) mass is 323 g/mol. The minimum Gasteiger partial charge on any atom is -0.495 e. The van der Waals surface area contributed by atoms with Crippen LogP contribution in [0.5, 0.6) is 5.75 Å². The number of ether oxygens (including phenoxy) is 1. The molecule has 0 unspecified atom stereocenters. The van der Waals surface area contributed by atoms with E-state index in [1.807, 2.05) is 31.3 Å². The summed E-state index contributed by atoms with van der Waals surface area (Å²) in [6.07, 6.45) is 2.04. The van der Waals surface area contributed by atoms with Crippen LogP contribution in [0.2, 0.25) is 0 Å². The second kappa shape index (κ2) is 5.65. The third-order valence-corrected chi connectivity index (χ3v) is 3.47. The van der Waals surface area contributed by atoms with E-state index in [0.29, 0.717) is 6.04 Å². The maximum Gasteiger partial charge on any atom is 0.207 e. The van der Waals surface area contributed by atoms with Gasteiger partial charge in [-0.25, -0.2) is 4.98 Å². The standard InChI is InChI=1S/C14H18BrN3O/c1-9(2)18-8-10(3)16-14(18)17-11-5-6-12(15)13(7-11)19-4/h5-9H,1-4H3,(H,16,17). The summed E-state index contributed by atoms with van der Waals surface area (Å²) in [6.45, 7) is 6.26. The summed E-state index contributed by atoms with van der Waals surface area (Å²) in [5, 5.41) is 3.33. The summed E-state index contributed by atoms with van der Waals surface area (Å²) in [6, 6.07) is 6.25. The lowest BCUT2D eigenvalue weighted by Gasteiger charge is -2.13. The van der Waals surface area contributed by atoms with Crippen molar-refractivity contribution in [2.75, 3.05) is 12.4 Å². The molecule has 2 aromatic rings. The second-order valence-electron chi connectivity index (χ2n) is 4.68. The summed E-state index contributed by atoms with van der Waals surface area (Å²) in [7, 11) is 1.66. The van der Waals surface area contributed by atoms with Gasteiger partial charge in [0.1, 0.15) is 5.75 Å². The number of nitrogens with one attached hydrogen (secondary N) is 1. The Morgan fingerprint density at radius 2 is 2.11 bits per heavy atom. The number of imidazole rings is 1. The van der Waals surface area contributed by atoms with Gasteiger partial charge in [0, 0.05) is 24.0 Å². The maximum atomic E-state index is 5.29. The molecule has 0 aliphatic rings. The van der Waals surface area contributed by atoms with Crippen molar-refractivity contribution < 1.29 is 4.74 Å². The fourth-order valence-electron chi connectivity index (χ4n) is 1.87. The zero-order chi connectivity index (χ0) is 14.0. The first kappa shape index (κ1) is 13.9. The van der Waals surface area contributed by atoms with Gasteiger partial charge in [-0.2, -0.15) is 0 Å². The third-order valence-electron chi connectivity index (χ3n) is 2.82. The molecule has 0 bridgehead atoms.